The summed E-state index contributed by atoms with van der Waals surface area (Å²) in [6.07, 6.45) is 0.529. The fraction of sp³-hybridized carbons (Fsp3) is 0.417. The molecular formula is C12H13F3O. The summed E-state index contributed by atoms with van der Waals surface area (Å²) in [5.41, 5.74) is 0.104. The van der Waals surface area contributed by atoms with E-state index in [1.807, 2.05) is 0 Å². The number of hydrogen-bond donors (Lipinski definition) is 0. The zero-order valence-electron chi connectivity index (χ0n) is 9.19. The summed E-state index contributed by atoms with van der Waals surface area (Å²) in [6, 6.07) is 1.38. The molecule has 0 aliphatic carbocycles. The highest BCUT2D eigenvalue weighted by atomic mass is 19.2. The number of carbonyl (C=O) groups is 1. The average molecular weight is 230 g/mol. The van der Waals surface area contributed by atoms with E-state index < -0.39 is 17.5 Å². The fourth-order valence-electron chi connectivity index (χ4n) is 1.66. The Kier molecular flexibility index (Phi) is 4.10. The number of rotatable bonds is 4. The molecule has 0 N–H and O–H groups in total. The molecule has 4 heteroatoms. The Hall–Kier alpha value is -1.32. The zero-order valence-corrected chi connectivity index (χ0v) is 9.19. The van der Waals surface area contributed by atoms with E-state index in [0.29, 0.717) is 12.5 Å². The molecule has 1 unspecified atom stereocenters. The van der Waals surface area contributed by atoms with Crippen LogP contribution in [0.4, 0.5) is 13.2 Å². The van der Waals surface area contributed by atoms with E-state index in [1.54, 1.807) is 6.92 Å². The Bertz CT molecular complexity index is 401. The predicted octanol–water partition coefficient (Wildman–Crippen LogP) is 3.26. The summed E-state index contributed by atoms with van der Waals surface area (Å²) in [7, 11) is 0. The van der Waals surface area contributed by atoms with Crippen molar-refractivity contribution in [2.24, 2.45) is 5.92 Å². The molecule has 1 rings (SSSR count). The molecule has 16 heavy (non-hydrogen) atoms. The maximum atomic E-state index is 13.2. The van der Waals surface area contributed by atoms with Gasteiger partial charge in [-0.15, -0.1) is 0 Å². The molecule has 0 spiro atoms. The topological polar surface area (TPSA) is 17.1 Å². The summed E-state index contributed by atoms with van der Waals surface area (Å²) in [4.78, 5) is 10.8. The summed E-state index contributed by atoms with van der Waals surface area (Å²) >= 11 is 0. The normalized spacial score (nSPS) is 12.6. The first kappa shape index (κ1) is 12.7. The molecule has 1 aromatic rings. The minimum absolute atomic E-state index is 0.00417. The Morgan fingerprint density at radius 2 is 1.75 bits per heavy atom. The first-order chi connectivity index (χ1) is 7.40. The SMILES string of the molecule is CC(=O)CC(C)Cc1cc(F)c(F)cc1F. The predicted molar refractivity (Wildman–Crippen MR) is 54.5 cm³/mol. The highest BCUT2D eigenvalue weighted by Crippen LogP contribution is 2.18. The molecule has 0 heterocycles. The van der Waals surface area contributed by atoms with Crippen molar-refractivity contribution in [3.05, 3.63) is 35.1 Å². The van der Waals surface area contributed by atoms with Gasteiger partial charge in [0.15, 0.2) is 11.6 Å². The van der Waals surface area contributed by atoms with Crippen LogP contribution in [0.3, 0.4) is 0 Å². The number of carbonyl (C=O) groups excluding carboxylic acids is 1. The third kappa shape index (κ3) is 3.36. The van der Waals surface area contributed by atoms with Crippen molar-refractivity contribution < 1.29 is 18.0 Å². The second kappa shape index (κ2) is 5.14. The van der Waals surface area contributed by atoms with Crippen molar-refractivity contribution in [3.8, 4) is 0 Å². The van der Waals surface area contributed by atoms with Gasteiger partial charge in [0.25, 0.3) is 0 Å². The molecule has 0 fully saturated rings. The molecule has 0 aromatic heterocycles. The van der Waals surface area contributed by atoms with Gasteiger partial charge in [-0.1, -0.05) is 6.92 Å². The van der Waals surface area contributed by atoms with Gasteiger partial charge in [-0.25, -0.2) is 13.2 Å². The standard InChI is InChI=1S/C12H13F3O/c1-7(3-8(2)16)4-9-5-11(14)12(15)6-10(9)13/h5-7H,3-4H2,1-2H3. The summed E-state index contributed by atoms with van der Waals surface area (Å²) < 4.78 is 38.7. The Balaban J connectivity index is 2.81. The highest BCUT2D eigenvalue weighted by Gasteiger charge is 2.13. The molecule has 0 aliphatic heterocycles. The van der Waals surface area contributed by atoms with E-state index in [1.165, 1.54) is 6.92 Å². The van der Waals surface area contributed by atoms with E-state index in [9.17, 15) is 18.0 Å². The van der Waals surface area contributed by atoms with Crippen molar-refractivity contribution in [2.75, 3.05) is 0 Å². The summed E-state index contributed by atoms with van der Waals surface area (Å²) in [5, 5.41) is 0. The first-order valence-electron chi connectivity index (χ1n) is 5.03. The molecule has 0 saturated carbocycles. The molecule has 0 aliphatic rings. The molecule has 0 saturated heterocycles. The van der Waals surface area contributed by atoms with Crippen LogP contribution >= 0.6 is 0 Å². The molecule has 1 atom stereocenters. The van der Waals surface area contributed by atoms with E-state index in [-0.39, 0.29) is 23.7 Å². The van der Waals surface area contributed by atoms with Gasteiger partial charge < -0.3 is 4.79 Å². The maximum absolute atomic E-state index is 13.2. The van der Waals surface area contributed by atoms with Gasteiger partial charge in [0.05, 0.1) is 0 Å². The number of benzene rings is 1. The van der Waals surface area contributed by atoms with Crippen LogP contribution in [0, 0.1) is 23.4 Å². The van der Waals surface area contributed by atoms with Crippen molar-refractivity contribution in [1.29, 1.82) is 0 Å². The van der Waals surface area contributed by atoms with Gasteiger partial charge in [-0.3, -0.25) is 0 Å². The molecule has 1 nitrogen and oxygen atoms in total. The minimum Gasteiger partial charge on any atom is -0.300 e. The van der Waals surface area contributed by atoms with E-state index >= 15 is 0 Å². The van der Waals surface area contributed by atoms with Gasteiger partial charge in [0, 0.05) is 12.5 Å². The zero-order chi connectivity index (χ0) is 12.3. The minimum atomic E-state index is -1.19. The maximum Gasteiger partial charge on any atom is 0.161 e. The van der Waals surface area contributed by atoms with E-state index in [4.69, 9.17) is 0 Å². The Morgan fingerprint density at radius 3 is 2.31 bits per heavy atom. The lowest BCUT2D eigenvalue weighted by Crippen LogP contribution is -2.07. The van der Waals surface area contributed by atoms with E-state index in [2.05, 4.69) is 0 Å². The van der Waals surface area contributed by atoms with Crippen LogP contribution in [-0.2, 0) is 11.2 Å². The third-order valence-corrected chi connectivity index (χ3v) is 2.29. The number of Topliss-reactive ketones (excluding diaryl/α,β-unsaturated/α-hetero) is 1. The monoisotopic (exact) mass is 230 g/mol. The van der Waals surface area contributed by atoms with Crippen LogP contribution in [0.25, 0.3) is 0 Å². The fourth-order valence-corrected chi connectivity index (χ4v) is 1.66. The van der Waals surface area contributed by atoms with Crippen molar-refractivity contribution in [1.82, 2.24) is 0 Å². The second-order valence-corrected chi connectivity index (χ2v) is 4.07. The quantitative estimate of drug-likeness (QED) is 0.725. The third-order valence-electron chi connectivity index (χ3n) is 2.29. The van der Waals surface area contributed by atoms with Crippen LogP contribution in [0.15, 0.2) is 12.1 Å². The summed E-state index contributed by atoms with van der Waals surface area (Å²) in [5.74, 6) is -3.12. The molecule has 1 aromatic carbocycles. The van der Waals surface area contributed by atoms with Gasteiger partial charge in [-0.05, 0) is 30.9 Å². The number of halogens is 3. The summed E-state index contributed by atoms with van der Waals surface area (Å²) in [6.45, 7) is 3.21. The molecule has 0 bridgehead atoms. The van der Waals surface area contributed by atoms with Crippen LogP contribution in [-0.4, -0.2) is 5.78 Å². The van der Waals surface area contributed by atoms with E-state index in [0.717, 1.165) is 6.07 Å². The second-order valence-electron chi connectivity index (χ2n) is 4.07. The van der Waals surface area contributed by atoms with Crippen molar-refractivity contribution in [3.63, 3.8) is 0 Å². The van der Waals surface area contributed by atoms with Gasteiger partial charge in [0.1, 0.15) is 11.6 Å². The lowest BCUT2D eigenvalue weighted by atomic mass is 9.96. The Morgan fingerprint density at radius 1 is 1.19 bits per heavy atom. The Labute approximate surface area is 92.3 Å². The van der Waals surface area contributed by atoms with Crippen molar-refractivity contribution in [2.45, 2.75) is 26.7 Å². The number of ketones is 1. The largest absolute Gasteiger partial charge is 0.300 e. The smallest absolute Gasteiger partial charge is 0.161 e. The molecular weight excluding hydrogens is 217 g/mol. The van der Waals surface area contributed by atoms with Crippen LogP contribution in [0.5, 0.6) is 0 Å². The van der Waals surface area contributed by atoms with Crippen molar-refractivity contribution >= 4 is 5.78 Å². The van der Waals surface area contributed by atoms with Gasteiger partial charge in [-0.2, -0.15) is 0 Å². The van der Waals surface area contributed by atoms with Crippen LogP contribution < -0.4 is 0 Å². The van der Waals surface area contributed by atoms with Gasteiger partial charge >= 0.3 is 0 Å². The van der Waals surface area contributed by atoms with Crippen LogP contribution in [0.1, 0.15) is 25.8 Å². The first-order valence-corrected chi connectivity index (χ1v) is 5.03. The average Bonchev–Trinajstić information content (AvgIpc) is 2.12. The highest BCUT2D eigenvalue weighted by molar-refractivity contribution is 5.75. The van der Waals surface area contributed by atoms with Gasteiger partial charge in [0.2, 0.25) is 0 Å². The lowest BCUT2D eigenvalue weighted by molar-refractivity contribution is -0.117. The molecule has 88 valence electrons. The molecule has 0 amide bonds. The molecule has 0 radical (unpaired) electrons. The number of hydrogen-bond acceptors (Lipinski definition) is 1. The van der Waals surface area contributed by atoms with Crippen LogP contribution in [0.2, 0.25) is 0 Å². The lowest BCUT2D eigenvalue weighted by Gasteiger charge is -2.10.